The number of aryl methyl sites for hydroxylation is 1. The largest absolute Gasteiger partial charge is 0.489 e. The smallest absolute Gasteiger partial charge is 0.142 e. The molecule has 0 aliphatic heterocycles. The fraction of sp³-hybridized carbons (Fsp3) is 0.615. The number of aromatic nitrogens is 1. The fourth-order valence-corrected chi connectivity index (χ4v) is 1.54. The first-order valence-corrected chi connectivity index (χ1v) is 6.06. The van der Waals surface area contributed by atoms with Gasteiger partial charge in [-0.2, -0.15) is 0 Å². The van der Waals surface area contributed by atoms with Gasteiger partial charge in [0.05, 0.1) is 11.3 Å². The van der Waals surface area contributed by atoms with E-state index in [0.29, 0.717) is 25.1 Å². The highest BCUT2D eigenvalue weighted by atomic mass is 16.5. The number of aliphatic hydroxyl groups is 1. The molecule has 1 aromatic rings. The van der Waals surface area contributed by atoms with Gasteiger partial charge in [-0.1, -0.05) is 13.8 Å². The fourth-order valence-electron chi connectivity index (χ4n) is 1.54. The zero-order chi connectivity index (χ0) is 12.9. The average Bonchev–Trinajstić information content (AvgIpc) is 2.36. The summed E-state index contributed by atoms with van der Waals surface area (Å²) in [5, 5.41) is 10.1. The second kappa shape index (κ2) is 5.98. The Morgan fingerprint density at radius 1 is 1.35 bits per heavy atom. The van der Waals surface area contributed by atoms with Crippen molar-refractivity contribution in [1.29, 1.82) is 0 Å². The lowest BCUT2D eigenvalue weighted by molar-refractivity contribution is -0.0117. The molecule has 0 aliphatic rings. The van der Waals surface area contributed by atoms with E-state index in [9.17, 15) is 5.11 Å². The number of ether oxygens (including phenoxy) is 1. The average molecular weight is 238 g/mol. The Kier molecular flexibility index (Phi) is 4.90. The Labute approximate surface area is 103 Å². The summed E-state index contributed by atoms with van der Waals surface area (Å²) < 4.78 is 5.64. The van der Waals surface area contributed by atoms with Crippen molar-refractivity contribution in [3.8, 4) is 5.75 Å². The van der Waals surface area contributed by atoms with E-state index in [-0.39, 0.29) is 6.61 Å². The molecule has 96 valence electrons. The van der Waals surface area contributed by atoms with Crippen molar-refractivity contribution in [2.75, 3.05) is 6.61 Å². The van der Waals surface area contributed by atoms with Crippen LogP contribution in [0.2, 0.25) is 0 Å². The van der Waals surface area contributed by atoms with E-state index in [1.54, 1.807) is 0 Å². The molecule has 3 N–H and O–H groups in total. The highest BCUT2D eigenvalue weighted by Gasteiger charge is 2.23. The zero-order valence-corrected chi connectivity index (χ0v) is 10.9. The van der Waals surface area contributed by atoms with E-state index in [0.717, 1.165) is 11.4 Å². The maximum absolute atomic E-state index is 10.1. The molecule has 4 nitrogen and oxygen atoms in total. The number of nitrogens with two attached hydrogens (primary N) is 1. The molecule has 0 aliphatic carbocycles. The first-order chi connectivity index (χ1) is 8.04. The van der Waals surface area contributed by atoms with Crippen molar-refractivity contribution in [2.45, 2.75) is 45.8 Å². The highest BCUT2D eigenvalue weighted by Crippen LogP contribution is 2.21. The molecule has 0 aromatic carbocycles. The lowest BCUT2D eigenvalue weighted by atomic mass is 9.99. The van der Waals surface area contributed by atoms with Crippen molar-refractivity contribution in [2.24, 2.45) is 5.73 Å². The van der Waals surface area contributed by atoms with Gasteiger partial charge >= 0.3 is 0 Å². The molecule has 0 saturated carbocycles. The van der Waals surface area contributed by atoms with Gasteiger partial charge in [0.1, 0.15) is 12.4 Å². The molecule has 0 bridgehead atoms. The number of pyridine rings is 1. The first-order valence-electron chi connectivity index (χ1n) is 6.06. The van der Waals surface area contributed by atoms with Crippen LogP contribution in [0.15, 0.2) is 12.1 Å². The summed E-state index contributed by atoms with van der Waals surface area (Å²) in [4.78, 5) is 4.31. The summed E-state index contributed by atoms with van der Waals surface area (Å²) in [6, 6.07) is 3.74. The molecular formula is C13H22N2O2. The normalized spacial score (nSPS) is 11.6. The van der Waals surface area contributed by atoms with Gasteiger partial charge in [0.25, 0.3) is 0 Å². The minimum Gasteiger partial charge on any atom is -0.489 e. The second-order valence-corrected chi connectivity index (χ2v) is 4.32. The minimum atomic E-state index is -0.767. The Morgan fingerprint density at radius 2 is 2.00 bits per heavy atom. The van der Waals surface area contributed by atoms with Gasteiger partial charge in [-0.15, -0.1) is 0 Å². The van der Waals surface area contributed by atoms with Gasteiger partial charge < -0.3 is 15.6 Å². The topological polar surface area (TPSA) is 68.4 Å². The Balaban J connectivity index is 2.75. The van der Waals surface area contributed by atoms with Crippen LogP contribution in [0.5, 0.6) is 5.75 Å². The Morgan fingerprint density at radius 3 is 2.53 bits per heavy atom. The summed E-state index contributed by atoms with van der Waals surface area (Å²) in [5.41, 5.74) is 6.50. The number of hydrogen-bond donors (Lipinski definition) is 2. The lowest BCUT2D eigenvalue weighted by Gasteiger charge is -2.25. The second-order valence-electron chi connectivity index (χ2n) is 4.32. The van der Waals surface area contributed by atoms with Crippen LogP contribution >= 0.6 is 0 Å². The van der Waals surface area contributed by atoms with Crippen LogP contribution in [0, 0.1) is 6.92 Å². The van der Waals surface area contributed by atoms with E-state index < -0.39 is 5.60 Å². The molecule has 0 atom stereocenters. The molecule has 0 unspecified atom stereocenters. The quantitative estimate of drug-likeness (QED) is 0.792. The number of hydrogen-bond acceptors (Lipinski definition) is 4. The minimum absolute atomic E-state index is 0.276. The van der Waals surface area contributed by atoms with Crippen molar-refractivity contribution < 1.29 is 9.84 Å². The zero-order valence-electron chi connectivity index (χ0n) is 10.9. The van der Waals surface area contributed by atoms with Gasteiger partial charge in [-0.05, 0) is 31.9 Å². The van der Waals surface area contributed by atoms with E-state index in [4.69, 9.17) is 10.5 Å². The predicted molar refractivity (Wildman–Crippen MR) is 67.9 cm³/mol. The van der Waals surface area contributed by atoms with Crippen LogP contribution in [0.4, 0.5) is 0 Å². The standard InChI is InChI=1S/C13H22N2O2/c1-4-13(16,5-2)9-17-12-7-6-10(3)15-11(12)8-14/h6-7,16H,4-5,8-9,14H2,1-3H3. The summed E-state index contributed by atoms with van der Waals surface area (Å²) in [7, 11) is 0. The predicted octanol–water partition coefficient (Wildman–Crippen LogP) is 1.78. The van der Waals surface area contributed by atoms with E-state index in [1.165, 1.54) is 0 Å². The third kappa shape index (κ3) is 3.68. The Hall–Kier alpha value is -1.13. The van der Waals surface area contributed by atoms with Crippen molar-refractivity contribution >= 4 is 0 Å². The van der Waals surface area contributed by atoms with Gasteiger partial charge in [-0.3, -0.25) is 4.98 Å². The van der Waals surface area contributed by atoms with Crippen molar-refractivity contribution in [3.63, 3.8) is 0 Å². The molecule has 17 heavy (non-hydrogen) atoms. The number of rotatable bonds is 6. The van der Waals surface area contributed by atoms with Crippen molar-refractivity contribution in [1.82, 2.24) is 4.98 Å². The van der Waals surface area contributed by atoms with Crippen LogP contribution in [-0.4, -0.2) is 22.3 Å². The summed E-state index contributed by atoms with van der Waals surface area (Å²) in [6.07, 6.45) is 1.33. The van der Waals surface area contributed by atoms with Gasteiger partial charge in [0.15, 0.2) is 0 Å². The summed E-state index contributed by atoms with van der Waals surface area (Å²) >= 11 is 0. The lowest BCUT2D eigenvalue weighted by Crippen LogP contribution is -2.34. The maximum atomic E-state index is 10.1. The molecule has 0 radical (unpaired) electrons. The van der Waals surface area contributed by atoms with Gasteiger partial charge in [-0.25, -0.2) is 0 Å². The van der Waals surface area contributed by atoms with Crippen LogP contribution in [0.3, 0.4) is 0 Å². The van der Waals surface area contributed by atoms with E-state index in [1.807, 2.05) is 32.9 Å². The summed E-state index contributed by atoms with van der Waals surface area (Å²) in [6.45, 7) is 6.43. The van der Waals surface area contributed by atoms with Crippen LogP contribution in [0.25, 0.3) is 0 Å². The third-order valence-electron chi connectivity index (χ3n) is 3.08. The van der Waals surface area contributed by atoms with Gasteiger partial charge in [0, 0.05) is 12.2 Å². The molecular weight excluding hydrogens is 216 g/mol. The molecule has 1 heterocycles. The molecule has 0 saturated heterocycles. The molecule has 0 fully saturated rings. The molecule has 4 heteroatoms. The van der Waals surface area contributed by atoms with Crippen molar-refractivity contribution in [3.05, 3.63) is 23.5 Å². The summed E-state index contributed by atoms with van der Waals surface area (Å²) in [5.74, 6) is 0.665. The SMILES string of the molecule is CCC(O)(CC)COc1ccc(C)nc1CN. The van der Waals surface area contributed by atoms with E-state index >= 15 is 0 Å². The molecule has 0 amide bonds. The Bertz CT molecular complexity index is 362. The molecule has 1 rings (SSSR count). The molecule has 1 aromatic heterocycles. The highest BCUT2D eigenvalue weighted by molar-refractivity contribution is 5.29. The van der Waals surface area contributed by atoms with Crippen LogP contribution in [0.1, 0.15) is 38.1 Å². The van der Waals surface area contributed by atoms with Gasteiger partial charge in [0.2, 0.25) is 0 Å². The number of nitrogens with zero attached hydrogens (tertiary/aromatic N) is 1. The first kappa shape index (κ1) is 13.9. The van der Waals surface area contributed by atoms with E-state index in [2.05, 4.69) is 4.98 Å². The van der Waals surface area contributed by atoms with Crippen LogP contribution in [-0.2, 0) is 6.54 Å². The monoisotopic (exact) mass is 238 g/mol. The third-order valence-corrected chi connectivity index (χ3v) is 3.08. The van der Waals surface area contributed by atoms with Crippen LogP contribution < -0.4 is 10.5 Å². The maximum Gasteiger partial charge on any atom is 0.142 e. The molecule has 0 spiro atoms.